The van der Waals surface area contributed by atoms with Crippen LogP contribution in [-0.4, -0.2) is 50.3 Å². The molecule has 3 heteroatoms. The van der Waals surface area contributed by atoms with Crippen molar-refractivity contribution in [1.82, 2.24) is 10.2 Å². The van der Waals surface area contributed by atoms with Crippen molar-refractivity contribution in [3.05, 3.63) is 0 Å². The molecule has 0 saturated carbocycles. The maximum atomic E-state index is 5.45. The Morgan fingerprint density at radius 3 is 2.94 bits per heavy atom. The van der Waals surface area contributed by atoms with E-state index < -0.39 is 0 Å². The summed E-state index contributed by atoms with van der Waals surface area (Å²) in [6.45, 7) is 9.21. The van der Waals surface area contributed by atoms with Gasteiger partial charge in [-0.2, -0.15) is 0 Å². The summed E-state index contributed by atoms with van der Waals surface area (Å²) in [5, 5.41) is 3.64. The van der Waals surface area contributed by atoms with E-state index in [0.29, 0.717) is 12.1 Å². The van der Waals surface area contributed by atoms with Crippen LogP contribution in [0.25, 0.3) is 0 Å². The van der Waals surface area contributed by atoms with Crippen LogP contribution in [0, 0.1) is 0 Å². The van der Waals surface area contributed by atoms with Crippen molar-refractivity contribution >= 4 is 0 Å². The smallest absolute Gasteiger partial charge is 0.0698 e. The average molecular weight is 256 g/mol. The third-order valence-corrected chi connectivity index (χ3v) is 3.96. The molecule has 108 valence electrons. The van der Waals surface area contributed by atoms with E-state index in [1.54, 1.807) is 0 Å². The molecule has 3 nitrogen and oxygen atoms in total. The molecule has 1 heterocycles. The standard InChI is InChI=1S/C15H32N2O/c1-4-5-6-8-14(2)16-10-12-17-11-7-9-15(13-17)18-3/h14-16H,4-13H2,1-3H3. The van der Waals surface area contributed by atoms with E-state index in [-0.39, 0.29) is 0 Å². The molecule has 0 bridgehead atoms. The molecular weight excluding hydrogens is 224 g/mol. The first kappa shape index (κ1) is 15.9. The first-order valence-corrected chi connectivity index (χ1v) is 7.74. The number of piperidine rings is 1. The second kappa shape index (κ2) is 9.76. The first-order chi connectivity index (χ1) is 8.76. The van der Waals surface area contributed by atoms with Crippen molar-refractivity contribution in [3.8, 4) is 0 Å². The molecule has 0 aromatic heterocycles. The Bertz CT molecular complexity index is 199. The molecule has 1 rings (SSSR count). The van der Waals surface area contributed by atoms with Crippen molar-refractivity contribution in [2.24, 2.45) is 0 Å². The van der Waals surface area contributed by atoms with Crippen LogP contribution in [-0.2, 0) is 4.74 Å². The van der Waals surface area contributed by atoms with Gasteiger partial charge in [0.25, 0.3) is 0 Å². The lowest BCUT2D eigenvalue weighted by Gasteiger charge is -2.32. The van der Waals surface area contributed by atoms with Gasteiger partial charge in [0.1, 0.15) is 0 Å². The first-order valence-electron chi connectivity index (χ1n) is 7.74. The quantitative estimate of drug-likeness (QED) is 0.642. The Balaban J connectivity index is 2.02. The monoisotopic (exact) mass is 256 g/mol. The fourth-order valence-corrected chi connectivity index (χ4v) is 2.68. The highest BCUT2D eigenvalue weighted by Crippen LogP contribution is 2.11. The summed E-state index contributed by atoms with van der Waals surface area (Å²) in [7, 11) is 1.84. The van der Waals surface area contributed by atoms with Crippen molar-refractivity contribution in [2.75, 3.05) is 33.3 Å². The fourth-order valence-electron chi connectivity index (χ4n) is 2.68. The molecular formula is C15H32N2O. The highest BCUT2D eigenvalue weighted by atomic mass is 16.5. The number of rotatable bonds is 9. The van der Waals surface area contributed by atoms with E-state index in [1.807, 2.05) is 7.11 Å². The van der Waals surface area contributed by atoms with E-state index in [9.17, 15) is 0 Å². The van der Waals surface area contributed by atoms with E-state index in [0.717, 1.165) is 19.6 Å². The van der Waals surface area contributed by atoms with Gasteiger partial charge in [-0.3, -0.25) is 4.90 Å². The number of unbranched alkanes of at least 4 members (excludes halogenated alkanes) is 2. The summed E-state index contributed by atoms with van der Waals surface area (Å²) in [5.41, 5.74) is 0. The number of hydrogen-bond donors (Lipinski definition) is 1. The molecule has 2 atom stereocenters. The number of hydrogen-bond acceptors (Lipinski definition) is 3. The van der Waals surface area contributed by atoms with Gasteiger partial charge < -0.3 is 10.1 Å². The molecule has 1 N–H and O–H groups in total. The summed E-state index contributed by atoms with van der Waals surface area (Å²) in [6, 6.07) is 0.666. The highest BCUT2D eigenvalue weighted by Gasteiger charge is 2.18. The lowest BCUT2D eigenvalue weighted by molar-refractivity contribution is 0.0317. The maximum Gasteiger partial charge on any atom is 0.0698 e. The minimum Gasteiger partial charge on any atom is -0.380 e. The van der Waals surface area contributed by atoms with E-state index in [1.165, 1.54) is 45.1 Å². The van der Waals surface area contributed by atoms with Gasteiger partial charge in [-0.15, -0.1) is 0 Å². The van der Waals surface area contributed by atoms with Crippen LogP contribution in [0.2, 0.25) is 0 Å². The summed E-state index contributed by atoms with van der Waals surface area (Å²) in [5.74, 6) is 0. The predicted molar refractivity (Wildman–Crippen MR) is 78.1 cm³/mol. The Morgan fingerprint density at radius 2 is 2.22 bits per heavy atom. The van der Waals surface area contributed by atoms with Crippen LogP contribution in [0.4, 0.5) is 0 Å². The number of methoxy groups -OCH3 is 1. The molecule has 0 aromatic carbocycles. The second-order valence-electron chi connectivity index (χ2n) is 5.65. The van der Waals surface area contributed by atoms with Gasteiger partial charge in [0.05, 0.1) is 6.10 Å². The van der Waals surface area contributed by atoms with Crippen LogP contribution in [0.15, 0.2) is 0 Å². The largest absolute Gasteiger partial charge is 0.380 e. The van der Waals surface area contributed by atoms with Crippen molar-refractivity contribution in [3.63, 3.8) is 0 Å². The maximum absolute atomic E-state index is 5.45. The number of likely N-dealkylation sites (tertiary alicyclic amines) is 1. The zero-order chi connectivity index (χ0) is 13.2. The summed E-state index contributed by atoms with van der Waals surface area (Å²) < 4.78 is 5.45. The van der Waals surface area contributed by atoms with Crippen molar-refractivity contribution in [1.29, 1.82) is 0 Å². The van der Waals surface area contributed by atoms with Gasteiger partial charge >= 0.3 is 0 Å². The molecule has 1 aliphatic rings. The Kier molecular flexibility index (Phi) is 8.64. The second-order valence-corrected chi connectivity index (χ2v) is 5.65. The van der Waals surface area contributed by atoms with Crippen molar-refractivity contribution in [2.45, 2.75) is 64.5 Å². The molecule has 1 fully saturated rings. The molecule has 0 amide bonds. The normalized spacial score (nSPS) is 23.2. The zero-order valence-electron chi connectivity index (χ0n) is 12.6. The minimum atomic E-state index is 0.459. The molecule has 18 heavy (non-hydrogen) atoms. The van der Waals surface area contributed by atoms with E-state index in [4.69, 9.17) is 4.74 Å². The number of nitrogens with one attached hydrogen (secondary N) is 1. The lowest BCUT2D eigenvalue weighted by atomic mass is 10.1. The van der Waals surface area contributed by atoms with Crippen molar-refractivity contribution < 1.29 is 4.74 Å². The molecule has 0 radical (unpaired) electrons. The minimum absolute atomic E-state index is 0.459. The fraction of sp³-hybridized carbons (Fsp3) is 1.00. The van der Waals surface area contributed by atoms with Crippen LogP contribution in [0.5, 0.6) is 0 Å². The van der Waals surface area contributed by atoms with Gasteiger partial charge in [-0.05, 0) is 32.7 Å². The summed E-state index contributed by atoms with van der Waals surface area (Å²) >= 11 is 0. The number of nitrogens with zero attached hydrogens (tertiary/aromatic N) is 1. The van der Waals surface area contributed by atoms with Gasteiger partial charge in [0.15, 0.2) is 0 Å². The molecule has 1 saturated heterocycles. The van der Waals surface area contributed by atoms with E-state index in [2.05, 4.69) is 24.1 Å². The Labute approximate surface area is 113 Å². The van der Waals surface area contributed by atoms with E-state index >= 15 is 0 Å². The van der Waals surface area contributed by atoms with Gasteiger partial charge in [-0.25, -0.2) is 0 Å². The lowest BCUT2D eigenvalue weighted by Crippen LogP contribution is -2.43. The van der Waals surface area contributed by atoms with Crippen LogP contribution < -0.4 is 5.32 Å². The molecule has 0 aliphatic carbocycles. The van der Waals surface area contributed by atoms with Gasteiger partial charge in [0, 0.05) is 32.8 Å². The third-order valence-electron chi connectivity index (χ3n) is 3.96. The third kappa shape index (κ3) is 6.72. The predicted octanol–water partition coefficient (Wildman–Crippen LogP) is 2.66. The Morgan fingerprint density at radius 1 is 1.39 bits per heavy atom. The van der Waals surface area contributed by atoms with Gasteiger partial charge in [-0.1, -0.05) is 26.2 Å². The molecule has 2 unspecified atom stereocenters. The van der Waals surface area contributed by atoms with Gasteiger partial charge in [0.2, 0.25) is 0 Å². The summed E-state index contributed by atoms with van der Waals surface area (Å²) in [6.07, 6.45) is 8.33. The molecule has 0 aromatic rings. The molecule has 1 aliphatic heterocycles. The summed E-state index contributed by atoms with van der Waals surface area (Å²) in [4.78, 5) is 2.53. The zero-order valence-corrected chi connectivity index (χ0v) is 12.6. The number of ether oxygens (including phenoxy) is 1. The average Bonchev–Trinajstić information content (AvgIpc) is 2.39. The topological polar surface area (TPSA) is 24.5 Å². The van der Waals surface area contributed by atoms with Crippen LogP contribution in [0.1, 0.15) is 52.4 Å². The van der Waals surface area contributed by atoms with Crippen LogP contribution in [0.3, 0.4) is 0 Å². The highest BCUT2D eigenvalue weighted by molar-refractivity contribution is 4.74. The molecule has 0 spiro atoms. The SMILES string of the molecule is CCCCCC(C)NCCN1CCCC(OC)C1. The Hall–Kier alpha value is -0.120. The van der Waals surface area contributed by atoms with Crippen LogP contribution >= 0.6 is 0 Å².